The van der Waals surface area contributed by atoms with Crippen molar-refractivity contribution in [2.75, 3.05) is 0 Å². The summed E-state index contributed by atoms with van der Waals surface area (Å²) in [5, 5.41) is 2.66. The Morgan fingerprint density at radius 1 is 1.29 bits per heavy atom. The van der Waals surface area contributed by atoms with E-state index >= 15 is 0 Å². The second-order valence-electron chi connectivity index (χ2n) is 7.92. The van der Waals surface area contributed by atoms with Gasteiger partial charge in [-0.25, -0.2) is 13.8 Å². The number of halogens is 2. The molecule has 148 valence electrons. The van der Waals surface area contributed by atoms with Gasteiger partial charge in [-0.3, -0.25) is 4.79 Å². The number of rotatable bonds is 4. The zero-order chi connectivity index (χ0) is 20.0. The van der Waals surface area contributed by atoms with Crippen molar-refractivity contribution < 1.29 is 14.1 Å². The monoisotopic (exact) mass is 404 g/mol. The van der Waals surface area contributed by atoms with Gasteiger partial charge >= 0.3 is 0 Å². The van der Waals surface area contributed by atoms with Crippen LogP contribution in [0.15, 0.2) is 23.0 Å². The third-order valence-corrected chi connectivity index (χ3v) is 6.79. The van der Waals surface area contributed by atoms with Gasteiger partial charge in [0, 0.05) is 16.5 Å². The molecule has 0 fully saturated rings. The van der Waals surface area contributed by atoms with Gasteiger partial charge in [0.15, 0.2) is 5.82 Å². The molecule has 4 rings (SSSR count). The summed E-state index contributed by atoms with van der Waals surface area (Å²) in [4.78, 5) is 22.5. The van der Waals surface area contributed by atoms with Crippen LogP contribution >= 0.6 is 11.3 Å². The number of aromatic nitrogens is 2. The van der Waals surface area contributed by atoms with Crippen molar-refractivity contribution in [3.05, 3.63) is 62.0 Å². The molecule has 3 aromatic rings. The van der Waals surface area contributed by atoms with Crippen LogP contribution in [-0.2, 0) is 12.8 Å². The van der Waals surface area contributed by atoms with E-state index in [1.54, 1.807) is 11.3 Å². The molecule has 2 aromatic heterocycles. The van der Waals surface area contributed by atoms with Crippen LogP contribution in [0.3, 0.4) is 0 Å². The highest BCUT2D eigenvalue weighted by Crippen LogP contribution is 2.35. The summed E-state index contributed by atoms with van der Waals surface area (Å²) in [5.74, 6) is 0.0678. The Morgan fingerprint density at radius 2 is 2.07 bits per heavy atom. The number of fused-ring (bicyclic) bond motifs is 3. The van der Waals surface area contributed by atoms with E-state index in [1.807, 2.05) is 19.2 Å². The first-order valence-electron chi connectivity index (χ1n) is 9.68. The van der Waals surface area contributed by atoms with Crippen molar-refractivity contribution in [2.45, 2.75) is 52.1 Å². The third kappa shape index (κ3) is 3.49. The molecule has 0 spiro atoms. The van der Waals surface area contributed by atoms with Crippen LogP contribution in [0.2, 0.25) is 0 Å². The molecule has 1 aliphatic carbocycles. The standard InChI is InChI=1S/C21H23F2N3OS/c1-10-4-6-15-17(8-10)28-21-18(15)20(27)25-19(26-21)12(3)24-11(2)14-7-5-13(22)9-16(14)23/h5,7,9-12,24H,4,6,8H2,1-3H3,(H,25,26,27)/p+1/t10-,11+,12-/m1/s1. The largest absolute Gasteiger partial charge is 0.332 e. The van der Waals surface area contributed by atoms with Crippen LogP contribution < -0.4 is 10.9 Å². The van der Waals surface area contributed by atoms with E-state index in [-0.39, 0.29) is 17.6 Å². The Balaban J connectivity index is 1.62. The second kappa shape index (κ2) is 7.37. The van der Waals surface area contributed by atoms with Gasteiger partial charge in [-0.15, -0.1) is 11.3 Å². The average molecular weight is 405 g/mol. The first-order valence-corrected chi connectivity index (χ1v) is 10.5. The molecule has 0 amide bonds. The van der Waals surface area contributed by atoms with E-state index in [9.17, 15) is 13.6 Å². The molecule has 0 radical (unpaired) electrons. The summed E-state index contributed by atoms with van der Waals surface area (Å²) in [7, 11) is 0. The Morgan fingerprint density at radius 3 is 2.82 bits per heavy atom. The summed E-state index contributed by atoms with van der Waals surface area (Å²) in [6.45, 7) is 6.02. The molecule has 0 saturated carbocycles. The lowest BCUT2D eigenvalue weighted by atomic mass is 9.89. The zero-order valence-corrected chi connectivity index (χ0v) is 17.0. The van der Waals surface area contributed by atoms with Crippen LogP contribution in [0, 0.1) is 17.6 Å². The number of benzene rings is 1. The maximum absolute atomic E-state index is 14.1. The van der Waals surface area contributed by atoms with E-state index in [1.165, 1.54) is 17.0 Å². The minimum atomic E-state index is -0.589. The number of aryl methyl sites for hydroxylation is 1. The first-order chi connectivity index (χ1) is 13.3. The number of hydrogen-bond acceptors (Lipinski definition) is 3. The third-order valence-electron chi connectivity index (χ3n) is 5.65. The van der Waals surface area contributed by atoms with Gasteiger partial charge in [0.1, 0.15) is 28.5 Å². The number of aromatic amines is 1. The maximum atomic E-state index is 14.1. The normalized spacial score (nSPS) is 18.8. The van der Waals surface area contributed by atoms with Gasteiger partial charge in [0.25, 0.3) is 5.56 Å². The van der Waals surface area contributed by atoms with Crippen LogP contribution in [-0.4, -0.2) is 9.97 Å². The number of H-pyrrole nitrogens is 1. The highest BCUT2D eigenvalue weighted by Gasteiger charge is 2.25. The molecular formula is C21H24F2N3OS+. The lowest BCUT2D eigenvalue weighted by molar-refractivity contribution is -0.729. The molecule has 1 aromatic carbocycles. The quantitative estimate of drug-likeness (QED) is 0.695. The topological polar surface area (TPSA) is 62.4 Å². The SMILES string of the molecule is C[C@@H]1CCc2c(sc3nc([C@@H](C)[NH2+][C@@H](C)c4ccc(F)cc4F)[nH]c(=O)c23)C1. The Bertz CT molecular complexity index is 1090. The molecule has 28 heavy (non-hydrogen) atoms. The minimum absolute atomic E-state index is 0.0899. The molecule has 0 saturated heterocycles. The summed E-state index contributed by atoms with van der Waals surface area (Å²) >= 11 is 1.62. The summed E-state index contributed by atoms with van der Waals surface area (Å²) < 4.78 is 27.2. The lowest BCUT2D eigenvalue weighted by Gasteiger charge is -2.17. The fraction of sp³-hybridized carbons (Fsp3) is 0.429. The van der Waals surface area contributed by atoms with Gasteiger partial charge in [-0.2, -0.15) is 0 Å². The molecule has 0 bridgehead atoms. The minimum Gasteiger partial charge on any atom is -0.332 e. The van der Waals surface area contributed by atoms with Crippen LogP contribution in [0.5, 0.6) is 0 Å². The fourth-order valence-electron chi connectivity index (χ4n) is 4.08. The van der Waals surface area contributed by atoms with Crippen molar-refractivity contribution >= 4 is 21.6 Å². The first kappa shape index (κ1) is 19.2. The second-order valence-corrected chi connectivity index (χ2v) is 9.00. The van der Waals surface area contributed by atoms with Gasteiger partial charge in [-0.1, -0.05) is 6.92 Å². The van der Waals surface area contributed by atoms with Crippen molar-refractivity contribution in [1.82, 2.24) is 9.97 Å². The van der Waals surface area contributed by atoms with Gasteiger partial charge < -0.3 is 10.3 Å². The maximum Gasteiger partial charge on any atom is 0.260 e. The number of nitrogens with zero attached hydrogens (tertiary/aromatic N) is 1. The number of hydrogen-bond donors (Lipinski definition) is 2. The van der Waals surface area contributed by atoms with Crippen LogP contribution in [0.4, 0.5) is 8.78 Å². The highest BCUT2D eigenvalue weighted by molar-refractivity contribution is 7.18. The number of quaternary nitrogens is 1. The summed E-state index contributed by atoms with van der Waals surface area (Å²) in [5.41, 5.74) is 1.50. The van der Waals surface area contributed by atoms with E-state index in [0.717, 1.165) is 41.1 Å². The van der Waals surface area contributed by atoms with E-state index in [0.29, 0.717) is 17.3 Å². The molecule has 1 aliphatic rings. The molecular weight excluding hydrogens is 380 g/mol. The van der Waals surface area contributed by atoms with Crippen molar-refractivity contribution in [1.29, 1.82) is 0 Å². The molecule has 3 atom stereocenters. The zero-order valence-electron chi connectivity index (χ0n) is 16.2. The summed E-state index contributed by atoms with van der Waals surface area (Å²) in [6.07, 6.45) is 3.04. The van der Waals surface area contributed by atoms with E-state index in [4.69, 9.17) is 4.98 Å². The Labute approximate surface area is 166 Å². The van der Waals surface area contributed by atoms with Crippen molar-refractivity contribution in [2.24, 2.45) is 5.92 Å². The molecule has 0 unspecified atom stereocenters. The summed E-state index contributed by atoms with van der Waals surface area (Å²) in [6, 6.07) is 3.21. The van der Waals surface area contributed by atoms with Crippen LogP contribution in [0.25, 0.3) is 10.2 Å². The predicted molar refractivity (Wildman–Crippen MR) is 107 cm³/mol. The average Bonchev–Trinajstić information content (AvgIpc) is 2.99. The lowest BCUT2D eigenvalue weighted by Crippen LogP contribution is -2.85. The number of nitrogens with one attached hydrogen (secondary N) is 1. The smallest absolute Gasteiger partial charge is 0.260 e. The Hall–Kier alpha value is -2.12. The van der Waals surface area contributed by atoms with Gasteiger partial charge in [0.05, 0.1) is 5.39 Å². The van der Waals surface area contributed by atoms with Gasteiger partial charge in [-0.05, 0) is 56.7 Å². The number of nitrogens with two attached hydrogens (primary N) is 1. The van der Waals surface area contributed by atoms with Gasteiger partial charge in [0.2, 0.25) is 0 Å². The van der Waals surface area contributed by atoms with Crippen molar-refractivity contribution in [3.8, 4) is 0 Å². The molecule has 3 N–H and O–H groups in total. The van der Waals surface area contributed by atoms with Crippen LogP contribution in [0.1, 0.15) is 61.1 Å². The van der Waals surface area contributed by atoms with E-state index < -0.39 is 11.6 Å². The molecule has 0 aliphatic heterocycles. The van der Waals surface area contributed by atoms with E-state index in [2.05, 4.69) is 11.9 Å². The highest BCUT2D eigenvalue weighted by atomic mass is 32.1. The van der Waals surface area contributed by atoms with Crippen molar-refractivity contribution in [3.63, 3.8) is 0 Å². The Kier molecular flexibility index (Phi) is 5.05. The number of thiophene rings is 1. The molecule has 2 heterocycles. The molecule has 4 nitrogen and oxygen atoms in total. The predicted octanol–water partition coefficient (Wildman–Crippen LogP) is 3.77. The molecule has 7 heteroatoms. The fourth-order valence-corrected chi connectivity index (χ4v) is 5.47.